The van der Waals surface area contributed by atoms with Crippen molar-refractivity contribution in [3.63, 3.8) is 0 Å². The van der Waals surface area contributed by atoms with Crippen LogP contribution in [0.15, 0.2) is 6.20 Å². The van der Waals surface area contributed by atoms with Crippen molar-refractivity contribution in [1.82, 2.24) is 30.1 Å². The predicted octanol–water partition coefficient (Wildman–Crippen LogP) is 0.478. The van der Waals surface area contributed by atoms with E-state index in [-0.39, 0.29) is 42.9 Å². The molecule has 10 heteroatoms. The van der Waals surface area contributed by atoms with Crippen LogP contribution in [-0.4, -0.2) is 82.6 Å². The number of likely N-dealkylation sites (N-methyl/N-ethyl adjacent to an activating group) is 1. The molecule has 1 N–H and O–H groups in total. The number of rotatable bonds is 3. The van der Waals surface area contributed by atoms with E-state index in [0.29, 0.717) is 25.7 Å². The molecular formula is C16H28Cl2N6O2. The number of amides is 1. The van der Waals surface area contributed by atoms with Crippen molar-refractivity contribution in [3.05, 3.63) is 11.9 Å². The minimum atomic E-state index is 0. The molecule has 0 aliphatic carbocycles. The minimum absolute atomic E-state index is 0. The van der Waals surface area contributed by atoms with Gasteiger partial charge in [0.15, 0.2) is 0 Å². The summed E-state index contributed by atoms with van der Waals surface area (Å²) in [5.41, 5.74) is 0.998. The molecule has 26 heavy (non-hydrogen) atoms. The molecule has 3 aliphatic heterocycles. The minimum Gasteiger partial charge on any atom is -0.370 e. The number of aromatic nitrogens is 3. The molecule has 2 saturated heterocycles. The number of hydrogen-bond acceptors (Lipinski definition) is 6. The molecule has 4 heterocycles. The highest BCUT2D eigenvalue weighted by Gasteiger charge is 2.38. The van der Waals surface area contributed by atoms with Crippen molar-refractivity contribution in [2.24, 2.45) is 0 Å². The van der Waals surface area contributed by atoms with Gasteiger partial charge in [-0.1, -0.05) is 5.21 Å². The number of nitrogens with zero attached hydrogens (tertiary/aromatic N) is 5. The quantitative estimate of drug-likeness (QED) is 0.786. The van der Waals surface area contributed by atoms with Crippen LogP contribution < -0.4 is 5.32 Å². The van der Waals surface area contributed by atoms with E-state index >= 15 is 0 Å². The summed E-state index contributed by atoms with van der Waals surface area (Å²) in [6.07, 6.45) is 4.99. The zero-order valence-corrected chi connectivity index (χ0v) is 16.7. The van der Waals surface area contributed by atoms with Crippen LogP contribution in [-0.2, 0) is 16.1 Å². The largest absolute Gasteiger partial charge is 0.370 e. The number of fused-ring (bicyclic) bond motifs is 3. The first-order valence-corrected chi connectivity index (χ1v) is 8.92. The molecule has 0 bridgehead atoms. The van der Waals surface area contributed by atoms with E-state index in [1.54, 1.807) is 6.20 Å². The van der Waals surface area contributed by atoms with E-state index in [2.05, 4.69) is 27.6 Å². The lowest BCUT2D eigenvalue weighted by molar-refractivity contribution is -0.139. The highest BCUT2D eigenvalue weighted by molar-refractivity contribution is 5.85. The van der Waals surface area contributed by atoms with Gasteiger partial charge < -0.3 is 15.0 Å². The maximum atomic E-state index is 12.8. The summed E-state index contributed by atoms with van der Waals surface area (Å²) in [4.78, 5) is 16.9. The zero-order chi connectivity index (χ0) is 16.5. The smallest absolute Gasteiger partial charge is 0.236 e. The molecule has 1 aromatic rings. The van der Waals surface area contributed by atoms with E-state index in [1.807, 2.05) is 9.58 Å². The molecule has 0 saturated carbocycles. The SMILES string of the molecule is CN(CC(=O)N1CC[C@@H]2OCc3cnnn3[C@H]2C1)C1CCNCC1.Cl.Cl. The molecule has 1 aromatic heterocycles. The standard InChI is InChI=1S/C16H26N6O2.2ClH/c1-20(12-2-5-17-6-3-12)10-16(23)21-7-4-15-14(9-21)22-13(11-24-15)8-18-19-22;;/h8,12,14-15,17H,2-7,9-11H2,1H3;2*1H/t14-,15-;;/m0../s1. The first-order chi connectivity index (χ1) is 11.7. The van der Waals surface area contributed by atoms with Gasteiger partial charge in [0.25, 0.3) is 0 Å². The molecule has 3 aliphatic rings. The van der Waals surface area contributed by atoms with Crippen molar-refractivity contribution in [3.8, 4) is 0 Å². The van der Waals surface area contributed by atoms with Crippen LogP contribution in [0.25, 0.3) is 0 Å². The van der Waals surface area contributed by atoms with Crippen LogP contribution in [0.2, 0.25) is 0 Å². The van der Waals surface area contributed by atoms with Gasteiger partial charge in [-0.3, -0.25) is 9.69 Å². The van der Waals surface area contributed by atoms with E-state index in [1.165, 1.54) is 0 Å². The van der Waals surface area contributed by atoms with Gasteiger partial charge in [-0.05, 0) is 39.4 Å². The fourth-order valence-electron chi connectivity index (χ4n) is 4.10. The summed E-state index contributed by atoms with van der Waals surface area (Å²) in [7, 11) is 2.07. The Morgan fingerprint density at radius 3 is 2.88 bits per heavy atom. The van der Waals surface area contributed by atoms with Gasteiger partial charge in [0.2, 0.25) is 5.91 Å². The number of piperidine rings is 2. The van der Waals surface area contributed by atoms with Crippen LogP contribution in [0.5, 0.6) is 0 Å². The third kappa shape index (κ3) is 4.31. The van der Waals surface area contributed by atoms with E-state index < -0.39 is 0 Å². The molecule has 8 nitrogen and oxygen atoms in total. The Morgan fingerprint density at radius 2 is 2.12 bits per heavy atom. The molecular weight excluding hydrogens is 379 g/mol. The van der Waals surface area contributed by atoms with Crippen molar-refractivity contribution in [2.75, 3.05) is 39.8 Å². The second-order valence-corrected chi connectivity index (χ2v) is 7.11. The molecule has 148 valence electrons. The topological polar surface area (TPSA) is 75.5 Å². The van der Waals surface area contributed by atoms with Gasteiger partial charge in [-0.25, -0.2) is 4.68 Å². The average molecular weight is 407 g/mol. The number of carbonyl (C=O) groups is 1. The summed E-state index contributed by atoms with van der Waals surface area (Å²) in [6.45, 7) is 4.59. The van der Waals surface area contributed by atoms with Gasteiger partial charge in [-0.15, -0.1) is 29.9 Å². The third-order valence-electron chi connectivity index (χ3n) is 5.60. The fourth-order valence-corrected chi connectivity index (χ4v) is 4.10. The molecule has 0 unspecified atom stereocenters. The maximum absolute atomic E-state index is 12.8. The normalized spacial score (nSPS) is 25.7. The van der Waals surface area contributed by atoms with E-state index in [4.69, 9.17) is 4.74 Å². The van der Waals surface area contributed by atoms with Gasteiger partial charge in [0.05, 0.1) is 37.2 Å². The summed E-state index contributed by atoms with van der Waals surface area (Å²) in [5.74, 6) is 0.210. The lowest BCUT2D eigenvalue weighted by Gasteiger charge is -2.41. The monoisotopic (exact) mass is 406 g/mol. The summed E-state index contributed by atoms with van der Waals surface area (Å²) < 4.78 is 7.86. The molecule has 0 spiro atoms. The van der Waals surface area contributed by atoms with Crippen molar-refractivity contribution in [2.45, 2.75) is 44.1 Å². The number of carbonyl (C=O) groups excluding carboxylic acids is 1. The van der Waals surface area contributed by atoms with Gasteiger partial charge in [0.1, 0.15) is 0 Å². The van der Waals surface area contributed by atoms with Crippen LogP contribution in [0.1, 0.15) is 31.0 Å². The van der Waals surface area contributed by atoms with Crippen molar-refractivity contribution < 1.29 is 9.53 Å². The molecule has 1 amide bonds. The Hall–Kier alpha value is -0.930. The van der Waals surface area contributed by atoms with Crippen LogP contribution in [0.4, 0.5) is 0 Å². The maximum Gasteiger partial charge on any atom is 0.236 e. The predicted molar refractivity (Wildman–Crippen MR) is 102 cm³/mol. The summed E-state index contributed by atoms with van der Waals surface area (Å²) in [5, 5.41) is 11.6. The Balaban J connectivity index is 0.00000121. The van der Waals surface area contributed by atoms with Crippen molar-refractivity contribution >= 4 is 30.7 Å². The molecule has 0 radical (unpaired) electrons. The van der Waals surface area contributed by atoms with Gasteiger partial charge in [0, 0.05) is 19.1 Å². The van der Waals surface area contributed by atoms with Crippen LogP contribution in [0, 0.1) is 0 Å². The Morgan fingerprint density at radius 1 is 1.35 bits per heavy atom. The zero-order valence-electron chi connectivity index (χ0n) is 15.0. The van der Waals surface area contributed by atoms with E-state index in [0.717, 1.165) is 44.6 Å². The lowest BCUT2D eigenvalue weighted by Crippen LogP contribution is -2.53. The van der Waals surface area contributed by atoms with Crippen molar-refractivity contribution in [1.29, 1.82) is 0 Å². The molecule has 4 rings (SSSR count). The Labute approximate surface area is 166 Å². The molecule has 0 aromatic carbocycles. The van der Waals surface area contributed by atoms with Gasteiger partial charge in [-0.2, -0.15) is 0 Å². The van der Waals surface area contributed by atoms with Crippen LogP contribution >= 0.6 is 24.8 Å². The summed E-state index contributed by atoms with van der Waals surface area (Å²) in [6, 6.07) is 0.603. The second kappa shape index (κ2) is 9.32. The highest BCUT2D eigenvalue weighted by atomic mass is 35.5. The number of nitrogens with one attached hydrogen (secondary N) is 1. The first kappa shape index (κ1) is 21.4. The number of hydrogen-bond donors (Lipinski definition) is 1. The average Bonchev–Trinajstić information content (AvgIpc) is 3.11. The van der Waals surface area contributed by atoms with Crippen LogP contribution in [0.3, 0.4) is 0 Å². The lowest BCUT2D eigenvalue weighted by atomic mass is 10.00. The molecule has 2 fully saturated rings. The third-order valence-corrected chi connectivity index (χ3v) is 5.60. The number of ether oxygens (including phenoxy) is 1. The molecule has 2 atom stereocenters. The number of likely N-dealkylation sites (tertiary alicyclic amines) is 1. The first-order valence-electron chi connectivity index (χ1n) is 8.92. The Kier molecular flexibility index (Phi) is 7.66. The number of halogens is 2. The Bertz CT molecular complexity index is 595. The second-order valence-electron chi connectivity index (χ2n) is 7.11. The highest BCUT2D eigenvalue weighted by Crippen LogP contribution is 2.30. The summed E-state index contributed by atoms with van der Waals surface area (Å²) >= 11 is 0. The fraction of sp³-hybridized carbons (Fsp3) is 0.812. The van der Waals surface area contributed by atoms with E-state index in [9.17, 15) is 4.79 Å². The van der Waals surface area contributed by atoms with Gasteiger partial charge >= 0.3 is 0 Å².